The molecule has 8 nitrogen and oxygen atoms in total. The fraction of sp³-hybridized carbons (Fsp3) is 0.294. The summed E-state index contributed by atoms with van der Waals surface area (Å²) >= 11 is 0. The zero-order valence-corrected chi connectivity index (χ0v) is 14.0. The van der Waals surface area contributed by atoms with Crippen molar-refractivity contribution in [3.05, 3.63) is 36.8 Å². The van der Waals surface area contributed by atoms with E-state index in [1.54, 1.807) is 25.7 Å². The minimum absolute atomic E-state index is 0.200. The molecule has 4 aromatic rings. The van der Waals surface area contributed by atoms with E-state index in [1.165, 1.54) is 16.9 Å². The van der Waals surface area contributed by atoms with E-state index >= 15 is 0 Å². The number of nitrogens with zero attached hydrogens (tertiary/aromatic N) is 5. The normalized spacial score (nSPS) is 19.8. The Kier molecular flexibility index (Phi) is 3.35. The number of halogens is 1. The lowest BCUT2D eigenvalue weighted by molar-refractivity contribution is 0.0327. The SMILES string of the molecule is CO[C@H]1C[C@@H](Nc2ncc3c(-c4cc(F)c5ncnn5c4)c[nH]c3n2)C1. The van der Waals surface area contributed by atoms with Crippen LogP contribution in [0.5, 0.6) is 0 Å². The lowest BCUT2D eigenvalue weighted by atomic mass is 9.89. The van der Waals surface area contributed by atoms with Gasteiger partial charge in [0.1, 0.15) is 12.0 Å². The molecule has 132 valence electrons. The van der Waals surface area contributed by atoms with Gasteiger partial charge in [0.15, 0.2) is 11.5 Å². The molecule has 1 saturated carbocycles. The van der Waals surface area contributed by atoms with Crippen LogP contribution in [0.1, 0.15) is 12.8 Å². The summed E-state index contributed by atoms with van der Waals surface area (Å²) in [5.41, 5.74) is 2.38. The van der Waals surface area contributed by atoms with Gasteiger partial charge in [0.25, 0.3) is 0 Å². The average Bonchev–Trinajstić information content (AvgIpc) is 3.24. The van der Waals surface area contributed by atoms with Crippen molar-refractivity contribution in [2.75, 3.05) is 12.4 Å². The van der Waals surface area contributed by atoms with Gasteiger partial charge in [0.2, 0.25) is 5.95 Å². The molecular weight excluding hydrogens is 337 g/mol. The Morgan fingerprint density at radius 2 is 2.23 bits per heavy atom. The minimum Gasteiger partial charge on any atom is -0.381 e. The third kappa shape index (κ3) is 2.39. The first-order valence-electron chi connectivity index (χ1n) is 8.34. The number of aromatic amines is 1. The van der Waals surface area contributed by atoms with Gasteiger partial charge in [-0.2, -0.15) is 10.1 Å². The summed E-state index contributed by atoms with van der Waals surface area (Å²) in [5.74, 6) is 0.148. The number of hydrogen-bond acceptors (Lipinski definition) is 6. The molecule has 0 aliphatic heterocycles. The molecule has 1 aliphatic carbocycles. The Balaban J connectivity index is 1.47. The average molecular weight is 353 g/mol. The summed E-state index contributed by atoms with van der Waals surface area (Å²) in [5, 5.41) is 8.14. The topological polar surface area (TPSA) is 93.0 Å². The third-order valence-electron chi connectivity index (χ3n) is 4.83. The first kappa shape index (κ1) is 15.2. The second-order valence-corrected chi connectivity index (χ2v) is 6.43. The monoisotopic (exact) mass is 353 g/mol. The second-order valence-electron chi connectivity index (χ2n) is 6.43. The van der Waals surface area contributed by atoms with Crippen molar-refractivity contribution in [2.45, 2.75) is 25.0 Å². The number of pyridine rings is 1. The van der Waals surface area contributed by atoms with Crippen molar-refractivity contribution < 1.29 is 9.13 Å². The van der Waals surface area contributed by atoms with Crippen molar-refractivity contribution in [2.24, 2.45) is 0 Å². The van der Waals surface area contributed by atoms with Crippen LogP contribution in [0.25, 0.3) is 27.8 Å². The summed E-state index contributed by atoms with van der Waals surface area (Å²) in [7, 11) is 1.73. The molecule has 9 heteroatoms. The van der Waals surface area contributed by atoms with Gasteiger partial charge in [0, 0.05) is 48.3 Å². The number of methoxy groups -OCH3 is 1. The van der Waals surface area contributed by atoms with Gasteiger partial charge in [-0.05, 0) is 18.9 Å². The van der Waals surface area contributed by atoms with Gasteiger partial charge in [0.05, 0.1) is 6.10 Å². The number of anilines is 1. The molecule has 0 amide bonds. The van der Waals surface area contributed by atoms with Crippen LogP contribution in [-0.4, -0.2) is 48.8 Å². The molecule has 0 aromatic carbocycles. The lowest BCUT2D eigenvalue weighted by Gasteiger charge is -2.34. The van der Waals surface area contributed by atoms with Crippen molar-refractivity contribution in [1.29, 1.82) is 0 Å². The number of H-pyrrole nitrogens is 1. The van der Waals surface area contributed by atoms with Gasteiger partial charge < -0.3 is 15.0 Å². The molecule has 5 rings (SSSR count). The highest BCUT2D eigenvalue weighted by atomic mass is 19.1. The second kappa shape index (κ2) is 5.73. The highest BCUT2D eigenvalue weighted by molar-refractivity contribution is 5.93. The number of nitrogens with one attached hydrogen (secondary N) is 2. The van der Waals surface area contributed by atoms with E-state index in [9.17, 15) is 4.39 Å². The molecule has 26 heavy (non-hydrogen) atoms. The van der Waals surface area contributed by atoms with E-state index < -0.39 is 5.82 Å². The standard InChI is InChI=1S/C17H16FN7O/c1-26-11-3-10(4-11)23-17-20-6-13-12(5-19-15(13)24-17)9-2-14(18)16-21-8-22-25(16)7-9/h2,5-8,10-11H,3-4H2,1H3,(H2,19,20,23,24)/t10-,11+. The van der Waals surface area contributed by atoms with Crippen LogP contribution in [0.15, 0.2) is 31.0 Å². The van der Waals surface area contributed by atoms with E-state index in [0.29, 0.717) is 29.3 Å². The van der Waals surface area contributed by atoms with Gasteiger partial charge >= 0.3 is 0 Å². The molecule has 4 aromatic heterocycles. The molecule has 0 radical (unpaired) electrons. The Labute approximate surface area is 147 Å². The summed E-state index contributed by atoms with van der Waals surface area (Å²) in [6, 6.07) is 1.77. The number of aromatic nitrogens is 6. The Hall–Kier alpha value is -3.07. The largest absolute Gasteiger partial charge is 0.381 e. The van der Waals surface area contributed by atoms with Crippen molar-refractivity contribution in [3.8, 4) is 11.1 Å². The van der Waals surface area contributed by atoms with Gasteiger partial charge in [-0.25, -0.2) is 18.9 Å². The van der Waals surface area contributed by atoms with Crippen LogP contribution in [-0.2, 0) is 4.74 Å². The smallest absolute Gasteiger partial charge is 0.224 e. The Bertz CT molecular complexity index is 1100. The van der Waals surface area contributed by atoms with E-state index in [-0.39, 0.29) is 5.65 Å². The van der Waals surface area contributed by atoms with Gasteiger partial charge in [-0.1, -0.05) is 0 Å². The van der Waals surface area contributed by atoms with Crippen molar-refractivity contribution in [1.82, 2.24) is 29.5 Å². The molecule has 0 unspecified atom stereocenters. The van der Waals surface area contributed by atoms with Crippen molar-refractivity contribution >= 4 is 22.6 Å². The molecule has 0 bridgehead atoms. The van der Waals surface area contributed by atoms with Crippen LogP contribution in [0, 0.1) is 5.82 Å². The molecule has 0 atom stereocenters. The summed E-state index contributed by atoms with van der Waals surface area (Å²) in [4.78, 5) is 16.0. The van der Waals surface area contributed by atoms with Crippen LogP contribution in [0.4, 0.5) is 10.3 Å². The fourth-order valence-corrected chi connectivity index (χ4v) is 3.31. The van der Waals surface area contributed by atoms with Crippen LogP contribution >= 0.6 is 0 Å². The molecule has 1 fully saturated rings. The first-order valence-corrected chi connectivity index (χ1v) is 8.34. The zero-order valence-electron chi connectivity index (χ0n) is 14.0. The van der Waals surface area contributed by atoms with Gasteiger partial charge in [-0.15, -0.1) is 0 Å². The number of rotatable bonds is 4. The first-order chi connectivity index (χ1) is 12.7. The maximum atomic E-state index is 14.2. The van der Waals surface area contributed by atoms with E-state index in [1.807, 2.05) is 0 Å². The maximum absolute atomic E-state index is 14.2. The zero-order chi connectivity index (χ0) is 17.7. The lowest BCUT2D eigenvalue weighted by Crippen LogP contribution is -2.40. The Morgan fingerprint density at radius 1 is 1.35 bits per heavy atom. The van der Waals surface area contributed by atoms with E-state index in [0.717, 1.165) is 23.8 Å². The minimum atomic E-state index is -0.425. The molecule has 1 aliphatic rings. The molecule has 0 saturated heterocycles. The highest BCUT2D eigenvalue weighted by Crippen LogP contribution is 2.30. The molecular formula is C17H16FN7O. The summed E-state index contributed by atoms with van der Waals surface area (Å²) < 4.78 is 20.9. The Morgan fingerprint density at radius 3 is 3.08 bits per heavy atom. The fourth-order valence-electron chi connectivity index (χ4n) is 3.31. The number of fused-ring (bicyclic) bond motifs is 2. The molecule has 2 N–H and O–H groups in total. The van der Waals surface area contributed by atoms with Crippen LogP contribution < -0.4 is 5.32 Å². The molecule has 4 heterocycles. The third-order valence-corrected chi connectivity index (χ3v) is 4.83. The quantitative estimate of drug-likeness (QED) is 0.585. The van der Waals surface area contributed by atoms with Crippen LogP contribution in [0.2, 0.25) is 0 Å². The van der Waals surface area contributed by atoms with Crippen molar-refractivity contribution in [3.63, 3.8) is 0 Å². The number of ether oxygens (including phenoxy) is 1. The van der Waals surface area contributed by atoms with Crippen LogP contribution in [0.3, 0.4) is 0 Å². The van der Waals surface area contributed by atoms with Gasteiger partial charge in [-0.3, -0.25) is 0 Å². The highest BCUT2D eigenvalue weighted by Gasteiger charge is 2.29. The van der Waals surface area contributed by atoms with E-state index in [2.05, 4.69) is 30.4 Å². The maximum Gasteiger partial charge on any atom is 0.224 e. The predicted octanol–water partition coefficient (Wildman–Crippen LogP) is 2.40. The summed E-state index contributed by atoms with van der Waals surface area (Å²) in [6.07, 6.45) is 8.81. The number of hydrogen-bond donors (Lipinski definition) is 2. The predicted molar refractivity (Wildman–Crippen MR) is 93.3 cm³/mol. The summed E-state index contributed by atoms with van der Waals surface area (Å²) in [6.45, 7) is 0. The van der Waals surface area contributed by atoms with E-state index in [4.69, 9.17) is 4.74 Å². The molecule has 0 spiro atoms.